The van der Waals surface area contributed by atoms with E-state index in [0.29, 0.717) is 0 Å². The second-order valence-electron chi connectivity index (χ2n) is 5.27. The Balaban J connectivity index is 1.68. The van der Waals surface area contributed by atoms with Crippen LogP contribution in [0.4, 0.5) is 4.79 Å². The minimum absolute atomic E-state index is 0.0431. The fraction of sp³-hybridized carbons (Fsp3) is 0.692. The van der Waals surface area contributed by atoms with Gasteiger partial charge in [0.05, 0.1) is 18.3 Å². The number of nitrogens with zero attached hydrogens (tertiary/aromatic N) is 2. The predicted octanol–water partition coefficient (Wildman–Crippen LogP) is 1.45. The van der Waals surface area contributed by atoms with Crippen LogP contribution in [0.2, 0.25) is 0 Å². The van der Waals surface area contributed by atoms with Crippen molar-refractivity contribution in [1.29, 1.82) is 0 Å². The van der Waals surface area contributed by atoms with Gasteiger partial charge in [-0.3, -0.25) is 0 Å². The molecule has 0 aromatic carbocycles. The first-order valence-electron chi connectivity index (χ1n) is 6.52. The predicted molar refractivity (Wildman–Crippen MR) is 65.8 cm³/mol. The molecule has 1 saturated carbocycles. The van der Waals surface area contributed by atoms with Gasteiger partial charge in [0.25, 0.3) is 0 Å². The van der Waals surface area contributed by atoms with Crippen LogP contribution in [0.3, 0.4) is 0 Å². The Bertz CT molecular complexity index is 455. The maximum absolute atomic E-state index is 11.9. The maximum atomic E-state index is 11.9. The summed E-state index contributed by atoms with van der Waals surface area (Å²) in [5.74, 6) is 0.229. The number of imidazole rings is 1. The van der Waals surface area contributed by atoms with Crippen LogP contribution in [-0.4, -0.2) is 47.2 Å². The number of ether oxygens (including phenoxy) is 3. The second kappa shape index (κ2) is 4.61. The summed E-state index contributed by atoms with van der Waals surface area (Å²) in [7, 11) is 1.65. The van der Waals surface area contributed by atoms with E-state index in [0.717, 1.165) is 19.4 Å². The Kier molecular flexibility index (Phi) is 3.06. The highest BCUT2D eigenvalue weighted by Crippen LogP contribution is 2.47. The molecule has 2 fully saturated rings. The first-order chi connectivity index (χ1) is 9.16. The summed E-state index contributed by atoms with van der Waals surface area (Å²) in [5, 5.41) is 0. The van der Waals surface area contributed by atoms with E-state index in [1.54, 1.807) is 19.5 Å². The first-order valence-corrected chi connectivity index (χ1v) is 6.52. The minimum atomic E-state index is -0.413. The number of methoxy groups -OCH3 is 1. The van der Waals surface area contributed by atoms with Gasteiger partial charge < -0.3 is 14.2 Å². The Morgan fingerprint density at radius 1 is 1.58 bits per heavy atom. The molecule has 0 radical (unpaired) electrons. The van der Waals surface area contributed by atoms with E-state index in [9.17, 15) is 4.79 Å². The number of epoxide rings is 1. The molecule has 1 aliphatic carbocycles. The molecule has 1 saturated heterocycles. The number of carbonyl (C=O) groups excluding carboxylic acids is 1. The van der Waals surface area contributed by atoms with E-state index < -0.39 is 6.09 Å². The number of rotatable bonds is 2. The third-order valence-corrected chi connectivity index (χ3v) is 4.30. The summed E-state index contributed by atoms with van der Waals surface area (Å²) in [5.41, 5.74) is -0.0431. The SMILES string of the molecule is CO[C@@H]1[C@H](OC(=O)n2ccnc2)CC[C@]2(CO2)[C@H]1C. The smallest absolute Gasteiger partial charge is 0.419 e. The molecule has 1 aromatic heterocycles. The van der Waals surface area contributed by atoms with Crippen molar-refractivity contribution in [3.8, 4) is 0 Å². The van der Waals surface area contributed by atoms with Crippen LogP contribution in [0.1, 0.15) is 19.8 Å². The van der Waals surface area contributed by atoms with Gasteiger partial charge in [0.1, 0.15) is 12.4 Å². The van der Waals surface area contributed by atoms with Crippen molar-refractivity contribution in [2.24, 2.45) is 5.92 Å². The summed E-state index contributed by atoms with van der Waals surface area (Å²) in [4.78, 5) is 15.8. The fourth-order valence-electron chi connectivity index (χ4n) is 2.94. The molecule has 19 heavy (non-hydrogen) atoms. The fourth-order valence-corrected chi connectivity index (χ4v) is 2.94. The van der Waals surface area contributed by atoms with Crippen LogP contribution in [0.5, 0.6) is 0 Å². The maximum Gasteiger partial charge on any atom is 0.419 e. The van der Waals surface area contributed by atoms with E-state index in [-0.39, 0.29) is 23.7 Å². The van der Waals surface area contributed by atoms with Crippen LogP contribution in [-0.2, 0) is 14.2 Å². The standard InChI is InChI=1S/C13H18N2O4/c1-9-11(17-2)10(3-4-13(9)7-18-13)19-12(16)15-6-5-14-8-15/h5-6,8-11H,3-4,7H2,1-2H3/t9-,10+,11-,13-/m0/s1. The lowest BCUT2D eigenvalue weighted by atomic mass is 9.77. The molecule has 0 unspecified atom stereocenters. The lowest BCUT2D eigenvalue weighted by Crippen LogP contribution is -2.48. The van der Waals surface area contributed by atoms with Crippen LogP contribution in [0.25, 0.3) is 0 Å². The quantitative estimate of drug-likeness (QED) is 0.758. The van der Waals surface area contributed by atoms with Gasteiger partial charge in [-0.05, 0) is 12.8 Å². The van der Waals surface area contributed by atoms with Gasteiger partial charge >= 0.3 is 6.09 Å². The summed E-state index contributed by atoms with van der Waals surface area (Å²) in [6.45, 7) is 2.88. The first kappa shape index (κ1) is 12.6. The van der Waals surface area contributed by atoms with Crippen molar-refractivity contribution in [1.82, 2.24) is 9.55 Å². The van der Waals surface area contributed by atoms with Crippen molar-refractivity contribution >= 4 is 6.09 Å². The number of hydrogen-bond donors (Lipinski definition) is 0. The summed E-state index contributed by atoms with van der Waals surface area (Å²) in [6.07, 6.45) is 5.46. The molecule has 2 heterocycles. The second-order valence-corrected chi connectivity index (χ2v) is 5.27. The summed E-state index contributed by atoms with van der Waals surface area (Å²) >= 11 is 0. The molecule has 3 rings (SSSR count). The molecule has 6 nitrogen and oxygen atoms in total. The average molecular weight is 266 g/mol. The largest absolute Gasteiger partial charge is 0.443 e. The number of carbonyl (C=O) groups is 1. The van der Waals surface area contributed by atoms with Crippen molar-refractivity contribution in [2.75, 3.05) is 13.7 Å². The molecule has 6 heteroatoms. The molecule has 1 aliphatic heterocycles. The zero-order valence-electron chi connectivity index (χ0n) is 11.1. The lowest BCUT2D eigenvalue weighted by Gasteiger charge is -2.38. The molecule has 0 amide bonds. The molecule has 0 bridgehead atoms. The van der Waals surface area contributed by atoms with Gasteiger partial charge in [0.15, 0.2) is 0 Å². The zero-order valence-corrected chi connectivity index (χ0v) is 11.1. The van der Waals surface area contributed by atoms with E-state index in [1.807, 2.05) is 0 Å². The van der Waals surface area contributed by atoms with Crippen molar-refractivity contribution in [3.05, 3.63) is 18.7 Å². The molecule has 1 aromatic rings. The van der Waals surface area contributed by atoms with Gasteiger partial charge in [0, 0.05) is 25.4 Å². The average Bonchev–Trinajstić information content (AvgIpc) is 2.98. The highest BCUT2D eigenvalue weighted by molar-refractivity contribution is 5.70. The Labute approximate surface area is 111 Å². The van der Waals surface area contributed by atoms with Gasteiger partial charge in [0.2, 0.25) is 0 Å². The van der Waals surface area contributed by atoms with Gasteiger partial charge in [-0.15, -0.1) is 0 Å². The normalized spacial score (nSPS) is 37.3. The molecule has 104 valence electrons. The third-order valence-electron chi connectivity index (χ3n) is 4.30. The van der Waals surface area contributed by atoms with Crippen LogP contribution in [0.15, 0.2) is 18.7 Å². The molecule has 1 spiro atoms. The van der Waals surface area contributed by atoms with Crippen LogP contribution < -0.4 is 0 Å². The van der Waals surface area contributed by atoms with E-state index in [2.05, 4.69) is 11.9 Å². The molecular weight excluding hydrogens is 248 g/mol. The molecule has 0 N–H and O–H groups in total. The zero-order chi connectivity index (χ0) is 13.5. The van der Waals surface area contributed by atoms with E-state index in [4.69, 9.17) is 14.2 Å². The number of aromatic nitrogens is 2. The van der Waals surface area contributed by atoms with Crippen molar-refractivity contribution in [3.63, 3.8) is 0 Å². The molecule has 4 atom stereocenters. The highest BCUT2D eigenvalue weighted by Gasteiger charge is 2.57. The third kappa shape index (κ3) is 2.15. The van der Waals surface area contributed by atoms with Crippen LogP contribution >= 0.6 is 0 Å². The summed E-state index contributed by atoms with van der Waals surface area (Å²) < 4.78 is 18.0. The molecular formula is C13H18N2O4. The lowest BCUT2D eigenvalue weighted by molar-refractivity contribution is -0.0936. The van der Waals surface area contributed by atoms with Gasteiger partial charge in [-0.1, -0.05) is 6.92 Å². The van der Waals surface area contributed by atoms with Crippen LogP contribution in [0, 0.1) is 5.92 Å². The topological polar surface area (TPSA) is 65.9 Å². The number of hydrogen-bond acceptors (Lipinski definition) is 5. The molecule has 2 aliphatic rings. The van der Waals surface area contributed by atoms with Crippen molar-refractivity contribution in [2.45, 2.75) is 37.6 Å². The summed E-state index contributed by atoms with van der Waals surface area (Å²) in [6, 6.07) is 0. The van der Waals surface area contributed by atoms with E-state index >= 15 is 0 Å². The Morgan fingerprint density at radius 2 is 2.37 bits per heavy atom. The Morgan fingerprint density at radius 3 is 2.95 bits per heavy atom. The Hall–Kier alpha value is -1.40. The van der Waals surface area contributed by atoms with Gasteiger partial charge in [-0.25, -0.2) is 14.3 Å². The van der Waals surface area contributed by atoms with Gasteiger partial charge in [-0.2, -0.15) is 0 Å². The minimum Gasteiger partial charge on any atom is -0.443 e. The van der Waals surface area contributed by atoms with E-state index in [1.165, 1.54) is 10.9 Å². The highest BCUT2D eigenvalue weighted by atomic mass is 16.6. The monoisotopic (exact) mass is 266 g/mol. The van der Waals surface area contributed by atoms with Crippen molar-refractivity contribution < 1.29 is 19.0 Å².